The van der Waals surface area contributed by atoms with Gasteiger partial charge in [-0.2, -0.15) is 0 Å². The first-order valence-electron chi connectivity index (χ1n) is 5.67. The maximum atomic E-state index is 11.0. The Morgan fingerprint density at radius 3 is 2.53 bits per heavy atom. The molecule has 0 aliphatic rings. The highest BCUT2D eigenvalue weighted by Crippen LogP contribution is 2.31. The largest absolute Gasteiger partial charge is 0.478 e. The van der Waals surface area contributed by atoms with Crippen molar-refractivity contribution in [2.45, 2.75) is 32.7 Å². The lowest BCUT2D eigenvalue weighted by Gasteiger charge is -2.37. The average molecular weight is 236 g/mol. The third-order valence-corrected chi connectivity index (χ3v) is 3.45. The maximum Gasteiger partial charge on any atom is 0.337 e. The molecule has 0 bridgehead atoms. The van der Waals surface area contributed by atoms with Crippen LogP contribution in [0.3, 0.4) is 0 Å². The van der Waals surface area contributed by atoms with E-state index >= 15 is 0 Å². The number of nitrogen functional groups attached to an aromatic ring is 1. The third kappa shape index (κ3) is 2.52. The fourth-order valence-corrected chi connectivity index (χ4v) is 1.60. The van der Waals surface area contributed by atoms with E-state index < -0.39 is 5.97 Å². The van der Waals surface area contributed by atoms with Gasteiger partial charge in [-0.1, -0.05) is 13.0 Å². The number of hydrogen-bond donors (Lipinski definition) is 2. The topological polar surface area (TPSA) is 66.6 Å². The minimum Gasteiger partial charge on any atom is -0.478 e. The zero-order valence-corrected chi connectivity index (χ0v) is 10.8. The Bertz CT molecular complexity index is 427. The number of hydrogen-bond acceptors (Lipinski definition) is 3. The Morgan fingerprint density at radius 2 is 2.06 bits per heavy atom. The standard InChI is InChI=1S/C13H20N2O2/c1-5-13(2,3)15(4)10-8-6-7-9(11(10)14)12(16)17/h6-8H,5,14H2,1-4H3,(H,16,17). The molecule has 94 valence electrons. The van der Waals surface area contributed by atoms with Gasteiger partial charge in [-0.3, -0.25) is 0 Å². The molecule has 0 aliphatic carbocycles. The van der Waals surface area contributed by atoms with Crippen LogP contribution < -0.4 is 10.6 Å². The molecule has 17 heavy (non-hydrogen) atoms. The first-order chi connectivity index (χ1) is 7.81. The van der Waals surface area contributed by atoms with Gasteiger partial charge in [0.1, 0.15) is 0 Å². The molecule has 0 saturated carbocycles. The summed E-state index contributed by atoms with van der Waals surface area (Å²) in [6, 6.07) is 5.09. The second-order valence-corrected chi connectivity index (χ2v) is 4.77. The zero-order chi connectivity index (χ0) is 13.2. The van der Waals surface area contributed by atoms with Crippen molar-refractivity contribution in [2.24, 2.45) is 0 Å². The van der Waals surface area contributed by atoms with Crippen LogP contribution in [-0.2, 0) is 0 Å². The van der Waals surface area contributed by atoms with Crippen LogP contribution in [0.15, 0.2) is 18.2 Å². The summed E-state index contributed by atoms with van der Waals surface area (Å²) in [5.74, 6) is -0.993. The number of para-hydroxylation sites is 1. The number of carboxylic acids is 1. The SMILES string of the molecule is CCC(C)(C)N(C)c1cccc(C(=O)O)c1N. The van der Waals surface area contributed by atoms with Gasteiger partial charge in [-0.15, -0.1) is 0 Å². The van der Waals surface area contributed by atoms with Crippen molar-refractivity contribution in [1.82, 2.24) is 0 Å². The molecule has 0 radical (unpaired) electrons. The summed E-state index contributed by atoms with van der Waals surface area (Å²) >= 11 is 0. The van der Waals surface area contributed by atoms with Crippen LogP contribution in [0.25, 0.3) is 0 Å². The maximum absolute atomic E-state index is 11.0. The monoisotopic (exact) mass is 236 g/mol. The summed E-state index contributed by atoms with van der Waals surface area (Å²) in [5.41, 5.74) is 7.09. The van der Waals surface area contributed by atoms with E-state index in [4.69, 9.17) is 10.8 Å². The predicted octanol–water partition coefficient (Wildman–Crippen LogP) is 2.59. The van der Waals surface area contributed by atoms with Gasteiger partial charge in [-0.05, 0) is 32.4 Å². The number of carbonyl (C=O) groups is 1. The Labute approximate surface area is 102 Å². The molecule has 0 fully saturated rings. The number of anilines is 2. The van der Waals surface area contributed by atoms with Crippen molar-refractivity contribution in [3.63, 3.8) is 0 Å². The fourth-order valence-electron chi connectivity index (χ4n) is 1.60. The Hall–Kier alpha value is -1.71. The summed E-state index contributed by atoms with van der Waals surface area (Å²) in [4.78, 5) is 13.0. The number of nitrogens with zero attached hydrogens (tertiary/aromatic N) is 1. The highest BCUT2D eigenvalue weighted by molar-refractivity contribution is 5.97. The summed E-state index contributed by atoms with van der Waals surface area (Å²) in [6.45, 7) is 6.29. The van der Waals surface area contributed by atoms with E-state index in [0.717, 1.165) is 12.1 Å². The van der Waals surface area contributed by atoms with Gasteiger partial charge in [0, 0.05) is 12.6 Å². The predicted molar refractivity (Wildman–Crippen MR) is 70.6 cm³/mol. The highest BCUT2D eigenvalue weighted by Gasteiger charge is 2.24. The minimum atomic E-state index is -0.993. The lowest BCUT2D eigenvalue weighted by molar-refractivity contribution is 0.0698. The minimum absolute atomic E-state index is 0.0642. The van der Waals surface area contributed by atoms with Crippen LogP contribution in [0.1, 0.15) is 37.6 Å². The third-order valence-electron chi connectivity index (χ3n) is 3.45. The molecule has 0 aromatic heterocycles. The lowest BCUT2D eigenvalue weighted by atomic mass is 9.98. The van der Waals surface area contributed by atoms with Crippen molar-refractivity contribution >= 4 is 17.3 Å². The van der Waals surface area contributed by atoms with Crippen molar-refractivity contribution in [3.05, 3.63) is 23.8 Å². The normalized spacial score (nSPS) is 11.3. The zero-order valence-electron chi connectivity index (χ0n) is 10.8. The van der Waals surface area contributed by atoms with E-state index in [1.54, 1.807) is 6.07 Å². The van der Waals surface area contributed by atoms with Crippen molar-refractivity contribution < 1.29 is 9.90 Å². The molecule has 0 heterocycles. The smallest absolute Gasteiger partial charge is 0.337 e. The number of nitrogens with two attached hydrogens (primary N) is 1. The molecule has 0 saturated heterocycles. The second-order valence-electron chi connectivity index (χ2n) is 4.77. The van der Waals surface area contributed by atoms with Crippen LogP contribution >= 0.6 is 0 Å². The second kappa shape index (κ2) is 4.65. The van der Waals surface area contributed by atoms with Gasteiger partial charge in [-0.25, -0.2) is 4.79 Å². The van der Waals surface area contributed by atoms with Gasteiger partial charge in [0.05, 0.1) is 16.9 Å². The van der Waals surface area contributed by atoms with Crippen LogP contribution in [0.2, 0.25) is 0 Å². The summed E-state index contributed by atoms with van der Waals surface area (Å²) in [7, 11) is 1.93. The molecule has 4 nitrogen and oxygen atoms in total. The first-order valence-corrected chi connectivity index (χ1v) is 5.67. The summed E-state index contributed by atoms with van der Waals surface area (Å²) in [6.07, 6.45) is 0.945. The average Bonchev–Trinajstić information content (AvgIpc) is 2.28. The molecule has 1 aromatic carbocycles. The van der Waals surface area contributed by atoms with E-state index in [1.807, 2.05) is 18.0 Å². The Balaban J connectivity index is 3.24. The number of carboxylic acid groups (broad SMARTS) is 1. The number of benzene rings is 1. The molecule has 0 atom stereocenters. The van der Waals surface area contributed by atoms with Gasteiger partial charge in [0.25, 0.3) is 0 Å². The fraction of sp³-hybridized carbons (Fsp3) is 0.462. The highest BCUT2D eigenvalue weighted by atomic mass is 16.4. The molecular weight excluding hydrogens is 216 g/mol. The van der Waals surface area contributed by atoms with Crippen molar-refractivity contribution in [3.8, 4) is 0 Å². The van der Waals surface area contributed by atoms with E-state index in [1.165, 1.54) is 6.07 Å². The molecule has 3 N–H and O–H groups in total. The number of rotatable bonds is 4. The molecule has 1 aromatic rings. The molecule has 0 aliphatic heterocycles. The van der Waals surface area contributed by atoms with Crippen molar-refractivity contribution in [2.75, 3.05) is 17.7 Å². The Morgan fingerprint density at radius 1 is 1.47 bits per heavy atom. The number of aromatic carboxylic acids is 1. The summed E-state index contributed by atoms with van der Waals surface area (Å²) in [5, 5.41) is 9.03. The molecule has 4 heteroatoms. The molecule has 0 unspecified atom stereocenters. The molecule has 0 amide bonds. The van der Waals surface area contributed by atoms with Crippen LogP contribution in [0.5, 0.6) is 0 Å². The quantitative estimate of drug-likeness (QED) is 0.788. The van der Waals surface area contributed by atoms with E-state index in [2.05, 4.69) is 20.8 Å². The lowest BCUT2D eigenvalue weighted by Crippen LogP contribution is -2.41. The van der Waals surface area contributed by atoms with E-state index in [9.17, 15) is 4.79 Å². The molecule has 1 rings (SSSR count). The molecular formula is C13H20N2O2. The van der Waals surface area contributed by atoms with Crippen molar-refractivity contribution in [1.29, 1.82) is 0 Å². The van der Waals surface area contributed by atoms with Gasteiger partial charge in [0.2, 0.25) is 0 Å². The summed E-state index contributed by atoms with van der Waals surface area (Å²) < 4.78 is 0. The van der Waals surface area contributed by atoms with Crippen LogP contribution in [-0.4, -0.2) is 23.7 Å². The van der Waals surface area contributed by atoms with Crippen LogP contribution in [0.4, 0.5) is 11.4 Å². The van der Waals surface area contributed by atoms with E-state index in [0.29, 0.717) is 5.69 Å². The van der Waals surface area contributed by atoms with Gasteiger partial charge >= 0.3 is 5.97 Å². The van der Waals surface area contributed by atoms with Crippen LogP contribution in [0, 0.1) is 0 Å². The van der Waals surface area contributed by atoms with E-state index in [-0.39, 0.29) is 11.1 Å². The Kier molecular flexibility index (Phi) is 3.66. The van der Waals surface area contributed by atoms with Gasteiger partial charge < -0.3 is 15.7 Å². The molecule has 0 spiro atoms. The van der Waals surface area contributed by atoms with Gasteiger partial charge in [0.15, 0.2) is 0 Å². The first kappa shape index (κ1) is 13.4.